The van der Waals surface area contributed by atoms with Gasteiger partial charge in [-0.3, -0.25) is 0 Å². The molecule has 1 aliphatic heterocycles. The van der Waals surface area contributed by atoms with Crippen molar-refractivity contribution in [1.82, 2.24) is 9.55 Å². The average molecular weight is 1010 g/mol. The van der Waals surface area contributed by atoms with E-state index >= 15 is 0 Å². The van der Waals surface area contributed by atoms with Crippen LogP contribution in [-0.2, 0) is 43.9 Å². The van der Waals surface area contributed by atoms with Crippen LogP contribution in [0, 0.1) is 32.6 Å². The minimum atomic E-state index is -0.00961. The Balaban J connectivity index is 0.00000544. The van der Waals surface area contributed by atoms with E-state index in [-0.39, 0.29) is 37.3 Å². The van der Waals surface area contributed by atoms with E-state index in [1.54, 1.807) is 0 Å². The third kappa shape index (κ3) is 8.57. The Kier molecular flexibility index (Phi) is 11.5. The summed E-state index contributed by atoms with van der Waals surface area (Å²) in [6.45, 7) is 27.8. The van der Waals surface area contributed by atoms with Crippen LogP contribution >= 0.6 is 0 Å². The molecule has 1 aliphatic rings. The average Bonchev–Trinajstić information content (AvgIpc) is 3.75. The summed E-state index contributed by atoms with van der Waals surface area (Å²) in [4.78, 5) is 9.53. The fourth-order valence-corrected chi connectivity index (χ4v) is 8.82. The number of aryl methyl sites for hydroxylation is 2. The predicted octanol–water partition coefficient (Wildman–Crippen LogP) is 15.0. The van der Waals surface area contributed by atoms with E-state index in [9.17, 15) is 0 Å². The molecule has 3 heterocycles. The number of fused-ring (bicyclic) bond motifs is 4. The van der Waals surface area contributed by atoms with Crippen LogP contribution in [0.5, 0.6) is 11.5 Å². The summed E-state index contributed by atoms with van der Waals surface area (Å²) >= 11 is 0. The molecule has 0 bridgehead atoms. The summed E-state index contributed by atoms with van der Waals surface area (Å²) in [7, 11) is 0. The van der Waals surface area contributed by atoms with Crippen LogP contribution in [0.25, 0.3) is 38.8 Å². The van der Waals surface area contributed by atoms with Crippen molar-refractivity contribution < 1.29 is 25.8 Å². The normalized spacial score (nSPS) is 13.1. The number of hydrogen-bond acceptors (Lipinski definition) is 4. The summed E-state index contributed by atoms with van der Waals surface area (Å²) in [5, 5.41) is 2.26. The fourth-order valence-electron chi connectivity index (χ4n) is 8.82. The second-order valence-electron chi connectivity index (χ2n) is 20.1. The maximum Gasteiger partial charge on any atom is 0.136 e. The van der Waals surface area contributed by atoms with E-state index in [2.05, 4.69) is 212 Å². The number of nitrogens with zero attached hydrogens (tertiary/aromatic N) is 4. The molecule has 6 aromatic carbocycles. The Morgan fingerprint density at radius 2 is 1.27 bits per heavy atom. The van der Waals surface area contributed by atoms with Crippen LogP contribution in [0.4, 0.5) is 17.1 Å². The van der Waals surface area contributed by atoms with Crippen molar-refractivity contribution in [2.24, 2.45) is 0 Å². The number of anilines is 3. The molecule has 9 rings (SSSR count). The Morgan fingerprint density at radius 1 is 0.603 bits per heavy atom. The first-order chi connectivity index (χ1) is 29.4. The molecule has 8 aromatic rings. The van der Waals surface area contributed by atoms with Gasteiger partial charge in [-0.15, -0.1) is 41.4 Å². The molecule has 0 fully saturated rings. The molecule has 0 atom stereocenters. The zero-order valence-electron chi connectivity index (χ0n) is 38.4. The first-order valence-corrected chi connectivity index (χ1v) is 21.8. The molecular weight excluding hydrogens is 952 g/mol. The molecule has 324 valence electrons. The van der Waals surface area contributed by atoms with E-state index in [1.165, 1.54) is 38.9 Å². The number of rotatable bonds is 7. The van der Waals surface area contributed by atoms with E-state index in [0.29, 0.717) is 11.5 Å². The molecule has 0 spiro atoms. The Morgan fingerprint density at radius 3 is 1.98 bits per heavy atom. The van der Waals surface area contributed by atoms with E-state index in [0.717, 1.165) is 56.8 Å². The maximum absolute atomic E-state index is 6.67. The zero-order valence-corrected chi connectivity index (χ0v) is 40.7. The van der Waals surface area contributed by atoms with Gasteiger partial charge >= 0.3 is 0 Å². The van der Waals surface area contributed by atoms with Crippen molar-refractivity contribution >= 4 is 38.9 Å². The molecular formula is C57H57N4OPt-3. The van der Waals surface area contributed by atoms with Crippen LogP contribution in [0.15, 0.2) is 128 Å². The number of benzene rings is 6. The van der Waals surface area contributed by atoms with Crippen molar-refractivity contribution in [1.29, 1.82) is 0 Å². The molecule has 0 saturated heterocycles. The van der Waals surface area contributed by atoms with Crippen LogP contribution in [0.3, 0.4) is 0 Å². The van der Waals surface area contributed by atoms with Crippen molar-refractivity contribution in [3.8, 4) is 28.4 Å². The molecule has 63 heavy (non-hydrogen) atoms. The Labute approximate surface area is 389 Å². The first kappa shape index (κ1) is 44.0. The number of para-hydroxylation sites is 2. The largest absolute Gasteiger partial charge is 0.509 e. The SMILES string of the molecule is Cc1cc(C(C)(C)C)cc(C)c1-c1ccnc(-n2c3[c-]c(Oc4[c-]c(N5[CH-]N(Cc6cccc(C(C)(C)C)c6)c6ccccc65)ccc4)ccc3c3cc(C(C)(C)C)ccc32)c1.[Pt]. The topological polar surface area (TPSA) is 33.5 Å². The zero-order chi connectivity index (χ0) is 43.7. The third-order valence-electron chi connectivity index (χ3n) is 12.3. The molecule has 0 unspecified atom stereocenters. The molecule has 0 aliphatic carbocycles. The monoisotopic (exact) mass is 1010 g/mol. The summed E-state index contributed by atoms with van der Waals surface area (Å²) in [6, 6.07) is 50.9. The van der Waals surface area contributed by atoms with Gasteiger partial charge in [-0.2, -0.15) is 18.8 Å². The molecule has 0 radical (unpaired) electrons. The predicted molar refractivity (Wildman–Crippen MR) is 259 cm³/mol. The van der Waals surface area contributed by atoms with E-state index in [1.807, 2.05) is 24.4 Å². The number of aromatic nitrogens is 2. The van der Waals surface area contributed by atoms with Gasteiger partial charge in [-0.1, -0.05) is 128 Å². The van der Waals surface area contributed by atoms with Crippen LogP contribution < -0.4 is 14.5 Å². The summed E-state index contributed by atoms with van der Waals surface area (Å²) in [6.07, 6.45) is 1.93. The molecule has 0 saturated carbocycles. The van der Waals surface area contributed by atoms with Gasteiger partial charge in [0, 0.05) is 62.2 Å². The summed E-state index contributed by atoms with van der Waals surface area (Å²) < 4.78 is 8.91. The summed E-state index contributed by atoms with van der Waals surface area (Å²) in [5.74, 6) is 2.06. The van der Waals surface area contributed by atoms with Gasteiger partial charge in [0.1, 0.15) is 5.82 Å². The van der Waals surface area contributed by atoms with Crippen molar-refractivity contribution in [3.63, 3.8) is 0 Å². The first-order valence-electron chi connectivity index (χ1n) is 21.8. The number of hydrogen-bond donors (Lipinski definition) is 0. The summed E-state index contributed by atoms with van der Waals surface area (Å²) in [5.41, 5.74) is 15.4. The van der Waals surface area contributed by atoms with Crippen molar-refractivity contribution in [3.05, 3.63) is 180 Å². The quantitative estimate of drug-likeness (QED) is 0.149. The van der Waals surface area contributed by atoms with Gasteiger partial charge in [0.2, 0.25) is 0 Å². The Hall–Kier alpha value is -5.64. The van der Waals surface area contributed by atoms with E-state index in [4.69, 9.17) is 9.72 Å². The number of ether oxygens (including phenoxy) is 1. The van der Waals surface area contributed by atoms with Gasteiger partial charge in [0.05, 0.1) is 0 Å². The van der Waals surface area contributed by atoms with Crippen molar-refractivity contribution in [2.45, 2.75) is 99.0 Å². The standard InChI is InChI=1S/C57H57N4O.Pt/c1-37-28-43(57(9,10)11)29-38(2)54(37)40-26-27-58-53(31-40)61-49-25-22-42(56(6,7)8)32-48(49)47-24-23-46(34-52(47)61)62-45-19-15-18-44(33-45)60-36-59(50-20-12-13-21-51(50)60)35-39-16-14-17-41(30-39)55(3,4)5;/h12-32,36H,35H2,1-11H3;/q-3;. The third-order valence-corrected chi connectivity index (χ3v) is 12.3. The minimum absolute atomic E-state index is 0. The van der Waals surface area contributed by atoms with Gasteiger partial charge < -0.3 is 19.1 Å². The smallest absolute Gasteiger partial charge is 0.136 e. The molecule has 2 aromatic heterocycles. The molecule has 5 nitrogen and oxygen atoms in total. The maximum atomic E-state index is 6.67. The second-order valence-corrected chi connectivity index (χ2v) is 20.1. The van der Waals surface area contributed by atoms with Crippen LogP contribution in [-0.4, -0.2) is 9.55 Å². The molecule has 0 N–H and O–H groups in total. The van der Waals surface area contributed by atoms with Crippen LogP contribution in [0.2, 0.25) is 0 Å². The van der Waals surface area contributed by atoms with Gasteiger partial charge in [-0.25, -0.2) is 4.98 Å². The minimum Gasteiger partial charge on any atom is -0.509 e. The van der Waals surface area contributed by atoms with E-state index < -0.39 is 0 Å². The van der Waals surface area contributed by atoms with Gasteiger partial charge in [-0.05, 0) is 110 Å². The van der Waals surface area contributed by atoms with Crippen LogP contribution in [0.1, 0.15) is 95.7 Å². The molecule has 6 heteroatoms. The second kappa shape index (κ2) is 16.5. The fraction of sp³-hybridized carbons (Fsp3) is 0.263. The Bertz CT molecular complexity index is 2970. The van der Waals surface area contributed by atoms with Crippen molar-refractivity contribution in [2.75, 3.05) is 9.80 Å². The van der Waals surface area contributed by atoms with Gasteiger partial charge in [0.15, 0.2) is 0 Å². The molecule has 0 amide bonds. The number of pyridine rings is 1. The van der Waals surface area contributed by atoms with Gasteiger partial charge in [0.25, 0.3) is 0 Å².